The Morgan fingerprint density at radius 3 is 2.42 bits per heavy atom. The Morgan fingerprint density at radius 2 is 1.73 bits per heavy atom. The lowest BCUT2D eigenvalue weighted by Crippen LogP contribution is -2.29. The highest BCUT2D eigenvalue weighted by atomic mass is 79.9. The third kappa shape index (κ3) is 4.86. The molecule has 1 heterocycles. The van der Waals surface area contributed by atoms with Gasteiger partial charge >= 0.3 is 0 Å². The van der Waals surface area contributed by atoms with E-state index in [1.807, 2.05) is 61.5 Å². The van der Waals surface area contributed by atoms with Crippen LogP contribution < -0.4 is 4.74 Å². The predicted molar refractivity (Wildman–Crippen MR) is 131 cm³/mol. The van der Waals surface area contributed by atoms with Gasteiger partial charge in [-0.15, -0.1) is 0 Å². The van der Waals surface area contributed by atoms with Gasteiger partial charge in [-0.1, -0.05) is 77.5 Å². The predicted octanol–water partition coefficient (Wildman–Crippen LogP) is 5.86. The average molecular weight is 506 g/mol. The second-order valence-corrected chi connectivity index (χ2v) is 8.76. The van der Waals surface area contributed by atoms with E-state index >= 15 is 0 Å². The molecule has 0 radical (unpaired) electrons. The van der Waals surface area contributed by atoms with Crippen LogP contribution in [0.15, 0.2) is 88.9 Å². The first-order chi connectivity index (χ1) is 16.0. The Bertz CT molecular complexity index is 1190. The molecule has 3 aromatic rings. The number of Topliss-reactive ketones (excluding diaryl/α,β-unsaturated/α-hetero) is 1. The van der Waals surface area contributed by atoms with Crippen molar-refractivity contribution in [3.8, 4) is 5.75 Å². The van der Waals surface area contributed by atoms with Crippen molar-refractivity contribution >= 4 is 33.4 Å². The number of amides is 1. The van der Waals surface area contributed by atoms with Gasteiger partial charge in [0.25, 0.3) is 11.7 Å². The number of ether oxygens (including phenoxy) is 1. The highest BCUT2D eigenvalue weighted by molar-refractivity contribution is 9.10. The van der Waals surface area contributed by atoms with E-state index in [1.165, 1.54) is 4.90 Å². The topological polar surface area (TPSA) is 66.8 Å². The number of nitrogens with zero attached hydrogens (tertiary/aromatic N) is 1. The number of aliphatic hydroxyl groups is 1. The van der Waals surface area contributed by atoms with Crippen LogP contribution >= 0.6 is 15.9 Å². The van der Waals surface area contributed by atoms with Gasteiger partial charge < -0.3 is 14.7 Å². The zero-order valence-corrected chi connectivity index (χ0v) is 19.8. The average Bonchev–Trinajstić information content (AvgIpc) is 3.08. The van der Waals surface area contributed by atoms with Crippen molar-refractivity contribution in [3.63, 3.8) is 0 Å². The summed E-state index contributed by atoms with van der Waals surface area (Å²) < 4.78 is 6.56. The van der Waals surface area contributed by atoms with E-state index in [9.17, 15) is 14.7 Å². The first kappa shape index (κ1) is 22.8. The zero-order valence-electron chi connectivity index (χ0n) is 18.2. The number of benzene rings is 3. The first-order valence-electron chi connectivity index (χ1n) is 10.8. The number of hydrogen-bond acceptors (Lipinski definition) is 4. The molecular formula is C27H24BrNO4. The summed E-state index contributed by atoms with van der Waals surface area (Å²) in [6.07, 6.45) is 0.852. The number of carbonyl (C=O) groups excluding carboxylic acids is 2. The molecule has 1 aliphatic rings. The molecule has 1 saturated heterocycles. The van der Waals surface area contributed by atoms with Crippen LogP contribution in [0.3, 0.4) is 0 Å². The molecule has 1 fully saturated rings. The monoisotopic (exact) mass is 505 g/mol. The lowest BCUT2D eigenvalue weighted by atomic mass is 9.95. The molecule has 0 aromatic heterocycles. The van der Waals surface area contributed by atoms with Crippen LogP contribution in [0.2, 0.25) is 0 Å². The summed E-state index contributed by atoms with van der Waals surface area (Å²) in [6, 6.07) is 23.2. The molecule has 5 nitrogen and oxygen atoms in total. The fourth-order valence-corrected chi connectivity index (χ4v) is 4.19. The number of aliphatic hydroxyl groups excluding tert-OH is 1. The Hall–Kier alpha value is -3.38. The minimum atomic E-state index is -0.710. The zero-order chi connectivity index (χ0) is 23.4. The minimum absolute atomic E-state index is 0.0749. The fraction of sp³-hybridized carbons (Fsp3) is 0.185. The lowest BCUT2D eigenvalue weighted by molar-refractivity contribution is -0.140. The molecule has 1 aliphatic heterocycles. The largest absolute Gasteiger partial charge is 0.507 e. The van der Waals surface area contributed by atoms with E-state index in [0.717, 1.165) is 22.0 Å². The summed E-state index contributed by atoms with van der Waals surface area (Å²) in [5.74, 6) is -0.943. The van der Waals surface area contributed by atoms with E-state index in [-0.39, 0.29) is 17.9 Å². The maximum absolute atomic E-state index is 13.2. The second-order valence-electron chi connectivity index (χ2n) is 7.84. The molecule has 0 bridgehead atoms. The standard InChI is InChI=1S/C27H24BrNO4/c1-2-15-33-22-10-6-9-20(16-22)25(30)23-24(19-11-13-21(28)14-12-19)29(27(32)26(23)31)17-18-7-4-3-5-8-18/h3-14,16,24,30H,2,15,17H2,1H3. The number of rotatable bonds is 7. The molecule has 4 rings (SSSR count). The molecule has 1 N–H and O–H groups in total. The van der Waals surface area contributed by atoms with Gasteiger partial charge in [0.05, 0.1) is 18.2 Å². The van der Waals surface area contributed by atoms with Gasteiger partial charge in [-0.3, -0.25) is 9.59 Å². The SMILES string of the molecule is CCCOc1cccc(C(O)=C2C(=O)C(=O)N(Cc3ccccc3)C2c2ccc(Br)cc2)c1. The van der Waals surface area contributed by atoms with Crippen LogP contribution in [0.1, 0.15) is 36.1 Å². The van der Waals surface area contributed by atoms with Crippen molar-refractivity contribution < 1.29 is 19.4 Å². The van der Waals surface area contributed by atoms with E-state index < -0.39 is 17.7 Å². The van der Waals surface area contributed by atoms with Crippen molar-refractivity contribution in [1.82, 2.24) is 4.90 Å². The van der Waals surface area contributed by atoms with Gasteiger partial charge in [-0.2, -0.15) is 0 Å². The van der Waals surface area contributed by atoms with Gasteiger partial charge in [-0.25, -0.2) is 0 Å². The van der Waals surface area contributed by atoms with Crippen LogP contribution in [0.4, 0.5) is 0 Å². The van der Waals surface area contributed by atoms with E-state index in [0.29, 0.717) is 17.9 Å². The number of hydrogen-bond donors (Lipinski definition) is 1. The summed E-state index contributed by atoms with van der Waals surface area (Å²) >= 11 is 3.43. The molecular weight excluding hydrogens is 482 g/mol. The molecule has 1 unspecified atom stereocenters. The van der Waals surface area contributed by atoms with Gasteiger partial charge in [-0.05, 0) is 41.8 Å². The highest BCUT2D eigenvalue weighted by Gasteiger charge is 2.46. The van der Waals surface area contributed by atoms with E-state index in [2.05, 4.69) is 15.9 Å². The van der Waals surface area contributed by atoms with Crippen LogP contribution in [0, 0.1) is 0 Å². The summed E-state index contributed by atoms with van der Waals surface area (Å²) in [6.45, 7) is 2.81. The third-order valence-corrected chi connectivity index (χ3v) is 6.03. The van der Waals surface area contributed by atoms with Gasteiger partial charge in [0.1, 0.15) is 11.5 Å². The molecule has 33 heavy (non-hydrogen) atoms. The van der Waals surface area contributed by atoms with Gasteiger partial charge in [0.2, 0.25) is 0 Å². The van der Waals surface area contributed by atoms with Crippen molar-refractivity contribution in [1.29, 1.82) is 0 Å². The lowest BCUT2D eigenvalue weighted by Gasteiger charge is -2.25. The molecule has 0 spiro atoms. The Kier molecular flexibility index (Phi) is 6.94. The van der Waals surface area contributed by atoms with Crippen molar-refractivity contribution in [2.75, 3.05) is 6.61 Å². The number of carbonyl (C=O) groups is 2. The second kappa shape index (κ2) is 10.0. The van der Waals surface area contributed by atoms with Crippen LogP contribution in [-0.2, 0) is 16.1 Å². The normalized spacial score (nSPS) is 17.4. The Morgan fingerprint density at radius 1 is 1.00 bits per heavy atom. The van der Waals surface area contributed by atoms with Crippen molar-refractivity contribution in [2.24, 2.45) is 0 Å². The minimum Gasteiger partial charge on any atom is -0.507 e. The number of likely N-dealkylation sites (tertiary alicyclic amines) is 1. The van der Waals surface area contributed by atoms with Crippen molar-refractivity contribution in [2.45, 2.75) is 25.9 Å². The molecule has 1 atom stereocenters. The Balaban J connectivity index is 1.81. The molecule has 0 saturated carbocycles. The quantitative estimate of drug-likeness (QED) is 0.248. The molecule has 6 heteroatoms. The Labute approximate surface area is 201 Å². The summed E-state index contributed by atoms with van der Waals surface area (Å²) in [4.78, 5) is 27.8. The first-order valence-corrected chi connectivity index (χ1v) is 11.6. The molecule has 1 amide bonds. The highest BCUT2D eigenvalue weighted by Crippen LogP contribution is 2.40. The fourth-order valence-electron chi connectivity index (χ4n) is 3.92. The van der Waals surface area contributed by atoms with Crippen LogP contribution in [0.25, 0.3) is 5.76 Å². The van der Waals surface area contributed by atoms with E-state index in [1.54, 1.807) is 24.3 Å². The number of ketones is 1. The molecule has 3 aromatic carbocycles. The smallest absolute Gasteiger partial charge is 0.295 e. The maximum Gasteiger partial charge on any atom is 0.295 e. The van der Waals surface area contributed by atoms with Crippen LogP contribution in [-0.4, -0.2) is 28.3 Å². The molecule has 168 valence electrons. The van der Waals surface area contributed by atoms with Crippen molar-refractivity contribution in [3.05, 3.63) is 106 Å². The number of halogens is 1. The summed E-state index contributed by atoms with van der Waals surface area (Å²) in [7, 11) is 0. The van der Waals surface area contributed by atoms with Crippen LogP contribution in [0.5, 0.6) is 5.75 Å². The van der Waals surface area contributed by atoms with E-state index in [4.69, 9.17) is 4.74 Å². The summed E-state index contributed by atoms with van der Waals surface area (Å²) in [5.41, 5.74) is 2.15. The maximum atomic E-state index is 13.2. The summed E-state index contributed by atoms with van der Waals surface area (Å²) in [5, 5.41) is 11.2. The molecule has 0 aliphatic carbocycles. The van der Waals surface area contributed by atoms with Gasteiger partial charge in [0.15, 0.2) is 0 Å². The van der Waals surface area contributed by atoms with Gasteiger partial charge in [0, 0.05) is 16.6 Å². The third-order valence-electron chi connectivity index (χ3n) is 5.50.